The summed E-state index contributed by atoms with van der Waals surface area (Å²) in [5, 5.41) is 3.55. The van der Waals surface area contributed by atoms with Crippen LogP contribution in [0, 0.1) is 0 Å². The summed E-state index contributed by atoms with van der Waals surface area (Å²) in [6.07, 6.45) is 2.03. The lowest BCUT2D eigenvalue weighted by Gasteiger charge is -2.05. The minimum Gasteiger partial charge on any atom is -0.459 e. The van der Waals surface area contributed by atoms with Crippen LogP contribution in [0.3, 0.4) is 0 Å². The molecule has 17 heavy (non-hydrogen) atoms. The molecule has 0 radical (unpaired) electrons. The van der Waals surface area contributed by atoms with Crippen molar-refractivity contribution in [1.82, 2.24) is 10.1 Å². The average Bonchev–Trinajstić information content (AvgIpc) is 2.91. The Morgan fingerprint density at radius 1 is 1.53 bits per heavy atom. The van der Waals surface area contributed by atoms with Gasteiger partial charge >= 0.3 is 11.9 Å². The number of nitrogens with zero attached hydrogens (tertiary/aromatic N) is 2. The fourth-order valence-electron chi connectivity index (χ4n) is 1.56. The highest BCUT2D eigenvalue weighted by molar-refractivity contribution is 7.91. The van der Waals surface area contributed by atoms with E-state index in [2.05, 4.69) is 14.9 Å². The van der Waals surface area contributed by atoms with Gasteiger partial charge in [0.1, 0.15) is 4.75 Å². The molecule has 1 saturated carbocycles. The molecule has 0 N–H and O–H groups in total. The molecule has 1 aromatic rings. The van der Waals surface area contributed by atoms with Crippen molar-refractivity contribution in [3.8, 4) is 0 Å². The van der Waals surface area contributed by atoms with E-state index in [0.29, 0.717) is 12.8 Å². The first-order valence-electron chi connectivity index (χ1n) is 5.11. The van der Waals surface area contributed by atoms with E-state index < -0.39 is 20.6 Å². The van der Waals surface area contributed by atoms with Crippen LogP contribution in [-0.4, -0.2) is 37.4 Å². The summed E-state index contributed by atoms with van der Waals surface area (Å²) >= 11 is 0. The summed E-state index contributed by atoms with van der Waals surface area (Å²) in [7, 11) is -3.31. The molecule has 0 unspecified atom stereocenters. The van der Waals surface area contributed by atoms with Crippen molar-refractivity contribution in [2.75, 3.05) is 12.9 Å². The fourth-order valence-corrected chi connectivity index (χ4v) is 2.82. The van der Waals surface area contributed by atoms with E-state index in [0.717, 1.165) is 6.26 Å². The molecule has 94 valence electrons. The molecular formula is C9H12N2O5S. The summed E-state index contributed by atoms with van der Waals surface area (Å²) < 4.78 is 31.5. The van der Waals surface area contributed by atoms with Crippen LogP contribution in [0.5, 0.6) is 0 Å². The number of hydrogen-bond acceptors (Lipinski definition) is 7. The number of rotatable bonds is 4. The Morgan fingerprint density at radius 2 is 2.18 bits per heavy atom. The van der Waals surface area contributed by atoms with Crippen LogP contribution in [0.15, 0.2) is 4.52 Å². The summed E-state index contributed by atoms with van der Waals surface area (Å²) in [5.74, 6) is -1.00. The van der Waals surface area contributed by atoms with Gasteiger partial charge in [-0.2, -0.15) is 4.98 Å². The number of esters is 1. The maximum absolute atomic E-state index is 11.6. The third kappa shape index (κ3) is 1.92. The smallest absolute Gasteiger partial charge is 0.397 e. The molecule has 1 aromatic heterocycles. The van der Waals surface area contributed by atoms with Crippen molar-refractivity contribution in [2.45, 2.75) is 24.5 Å². The summed E-state index contributed by atoms with van der Waals surface area (Å²) in [5.41, 5.74) is 0. The average molecular weight is 260 g/mol. The van der Waals surface area contributed by atoms with Gasteiger partial charge in [-0.25, -0.2) is 13.2 Å². The van der Waals surface area contributed by atoms with Gasteiger partial charge in [0.25, 0.3) is 0 Å². The molecule has 1 aliphatic rings. The number of sulfone groups is 1. The second-order valence-corrected chi connectivity index (χ2v) is 6.24. The Kier molecular flexibility index (Phi) is 2.69. The normalized spacial score (nSPS) is 17.8. The molecule has 0 atom stereocenters. The monoisotopic (exact) mass is 260 g/mol. The van der Waals surface area contributed by atoms with Gasteiger partial charge in [0.2, 0.25) is 0 Å². The van der Waals surface area contributed by atoms with Crippen LogP contribution < -0.4 is 0 Å². The highest BCUT2D eigenvalue weighted by Crippen LogP contribution is 2.50. The van der Waals surface area contributed by atoms with Crippen LogP contribution >= 0.6 is 0 Å². The molecular weight excluding hydrogens is 248 g/mol. The van der Waals surface area contributed by atoms with Gasteiger partial charge in [-0.3, -0.25) is 0 Å². The van der Waals surface area contributed by atoms with Gasteiger partial charge in [-0.15, -0.1) is 0 Å². The molecule has 0 aromatic carbocycles. The van der Waals surface area contributed by atoms with Gasteiger partial charge in [0.15, 0.2) is 15.7 Å². The van der Waals surface area contributed by atoms with Crippen molar-refractivity contribution >= 4 is 15.8 Å². The first-order chi connectivity index (χ1) is 7.90. The SMILES string of the molecule is CCOC(=O)c1nc(C2(S(C)(=O)=O)CC2)no1. The second-order valence-electron chi connectivity index (χ2n) is 3.91. The zero-order valence-corrected chi connectivity index (χ0v) is 10.3. The van der Waals surface area contributed by atoms with Crippen molar-refractivity contribution in [3.05, 3.63) is 11.7 Å². The minimum atomic E-state index is -3.31. The number of carbonyl (C=O) groups is 1. The van der Waals surface area contributed by atoms with E-state index in [-0.39, 0.29) is 18.3 Å². The molecule has 0 saturated heterocycles. The highest BCUT2D eigenvalue weighted by Gasteiger charge is 2.57. The zero-order valence-electron chi connectivity index (χ0n) is 9.47. The van der Waals surface area contributed by atoms with Crippen molar-refractivity contribution in [3.63, 3.8) is 0 Å². The molecule has 1 fully saturated rings. The van der Waals surface area contributed by atoms with E-state index in [4.69, 9.17) is 4.52 Å². The van der Waals surface area contributed by atoms with E-state index in [1.54, 1.807) is 6.92 Å². The van der Waals surface area contributed by atoms with Crippen LogP contribution in [0.1, 0.15) is 36.3 Å². The lowest BCUT2D eigenvalue weighted by atomic mass is 10.4. The lowest BCUT2D eigenvalue weighted by Crippen LogP contribution is -2.21. The Hall–Kier alpha value is -1.44. The third-order valence-corrected chi connectivity index (χ3v) is 4.71. The van der Waals surface area contributed by atoms with Crippen molar-refractivity contribution in [2.24, 2.45) is 0 Å². The van der Waals surface area contributed by atoms with E-state index in [1.807, 2.05) is 0 Å². The third-order valence-electron chi connectivity index (χ3n) is 2.70. The quantitative estimate of drug-likeness (QED) is 0.717. The molecule has 0 amide bonds. The first kappa shape index (κ1) is 12.0. The standard InChI is InChI=1S/C9H12N2O5S/c1-3-15-7(12)6-10-8(11-16-6)9(4-5-9)17(2,13)14/h3-5H2,1-2H3. The van der Waals surface area contributed by atoms with Gasteiger partial charge in [-0.1, -0.05) is 5.16 Å². The van der Waals surface area contributed by atoms with Crippen molar-refractivity contribution < 1.29 is 22.5 Å². The second kappa shape index (κ2) is 3.80. The first-order valence-corrected chi connectivity index (χ1v) is 7.01. The maximum atomic E-state index is 11.6. The van der Waals surface area contributed by atoms with E-state index >= 15 is 0 Å². The molecule has 1 heterocycles. The highest BCUT2D eigenvalue weighted by atomic mass is 32.2. The van der Waals surface area contributed by atoms with Crippen LogP contribution in [0.4, 0.5) is 0 Å². The van der Waals surface area contributed by atoms with Gasteiger partial charge in [0.05, 0.1) is 6.61 Å². The Balaban J connectivity index is 2.29. The maximum Gasteiger partial charge on any atom is 0.397 e. The van der Waals surface area contributed by atoms with Crippen LogP contribution in [0.2, 0.25) is 0 Å². The van der Waals surface area contributed by atoms with E-state index in [1.165, 1.54) is 0 Å². The van der Waals surface area contributed by atoms with Crippen LogP contribution in [-0.2, 0) is 19.3 Å². The molecule has 0 bridgehead atoms. The Bertz CT molecular complexity index is 543. The predicted octanol–water partition coefficient (Wildman–Crippen LogP) is 0.280. The van der Waals surface area contributed by atoms with E-state index in [9.17, 15) is 13.2 Å². The molecule has 0 spiro atoms. The number of carbonyl (C=O) groups excluding carboxylic acids is 1. The lowest BCUT2D eigenvalue weighted by molar-refractivity contribution is 0.0470. The van der Waals surface area contributed by atoms with Crippen molar-refractivity contribution in [1.29, 1.82) is 0 Å². The Labute approximate surface area is 98.1 Å². The number of ether oxygens (including phenoxy) is 1. The summed E-state index contributed by atoms with van der Waals surface area (Å²) in [4.78, 5) is 15.1. The molecule has 0 aliphatic heterocycles. The van der Waals surface area contributed by atoms with Gasteiger partial charge in [-0.05, 0) is 19.8 Å². The number of aromatic nitrogens is 2. The summed E-state index contributed by atoms with van der Waals surface area (Å²) in [6.45, 7) is 1.84. The fraction of sp³-hybridized carbons (Fsp3) is 0.667. The minimum absolute atomic E-state index is 0.0445. The predicted molar refractivity (Wildman–Crippen MR) is 56.0 cm³/mol. The molecule has 1 aliphatic carbocycles. The van der Waals surface area contributed by atoms with Gasteiger partial charge < -0.3 is 9.26 Å². The topological polar surface area (TPSA) is 99.4 Å². The van der Waals surface area contributed by atoms with Crippen LogP contribution in [0.25, 0.3) is 0 Å². The number of hydrogen-bond donors (Lipinski definition) is 0. The molecule has 7 nitrogen and oxygen atoms in total. The molecule has 8 heteroatoms. The van der Waals surface area contributed by atoms with Gasteiger partial charge in [0, 0.05) is 6.26 Å². The molecule has 2 rings (SSSR count). The summed E-state index contributed by atoms with van der Waals surface area (Å²) in [6, 6.07) is 0. The zero-order chi connectivity index (χ0) is 12.7. The Morgan fingerprint density at radius 3 is 2.65 bits per heavy atom. The largest absolute Gasteiger partial charge is 0.459 e.